The highest BCUT2D eigenvalue weighted by atomic mass is 16.5. The summed E-state index contributed by atoms with van der Waals surface area (Å²) in [5.41, 5.74) is 1.97. The molecule has 2 aromatic rings. The monoisotopic (exact) mass is 286 g/mol. The molecule has 0 N–H and O–H groups in total. The Morgan fingerprint density at radius 3 is 2.48 bits per heavy atom. The van der Waals surface area contributed by atoms with Gasteiger partial charge in [-0.3, -0.25) is 0 Å². The number of hydrogen-bond acceptors (Lipinski definition) is 5. The third kappa shape index (κ3) is 2.97. The number of nitrogens with zero attached hydrogens (tertiary/aromatic N) is 2. The van der Waals surface area contributed by atoms with Gasteiger partial charge in [-0.1, -0.05) is 18.2 Å². The summed E-state index contributed by atoms with van der Waals surface area (Å²) in [6, 6.07) is 9.39. The molecular weight excluding hydrogens is 268 g/mol. The van der Waals surface area contributed by atoms with Gasteiger partial charge in [-0.15, -0.1) is 0 Å². The summed E-state index contributed by atoms with van der Waals surface area (Å²) in [5, 5.41) is 0. The Hall–Kier alpha value is -2.56. The first-order valence-corrected chi connectivity index (χ1v) is 6.47. The number of esters is 1. The molecule has 0 atom stereocenters. The molecule has 0 bridgehead atoms. The minimum absolute atomic E-state index is 0.410. The molecule has 0 spiro atoms. The average Bonchev–Trinajstić information content (AvgIpc) is 2.53. The molecule has 0 aliphatic rings. The number of pyridine rings is 1. The maximum absolute atomic E-state index is 12.0. The number of hydrogen-bond donors (Lipinski definition) is 0. The van der Waals surface area contributed by atoms with Crippen LogP contribution in [0.5, 0.6) is 5.75 Å². The van der Waals surface area contributed by atoms with Crippen LogP contribution in [-0.4, -0.2) is 39.3 Å². The van der Waals surface area contributed by atoms with Crippen LogP contribution in [0.15, 0.2) is 36.5 Å². The van der Waals surface area contributed by atoms with Gasteiger partial charge in [0.05, 0.1) is 19.8 Å². The normalized spacial score (nSPS) is 10.1. The standard InChI is InChI=1S/C16H18N2O3/c1-18(2)15-9-12(13(10-17-15)16(19)21-4)11-7-5-6-8-14(11)20-3/h5-10H,1-4H3. The average molecular weight is 286 g/mol. The van der Waals surface area contributed by atoms with Crippen LogP contribution in [0.4, 0.5) is 5.82 Å². The Morgan fingerprint density at radius 1 is 1.14 bits per heavy atom. The van der Waals surface area contributed by atoms with Crippen molar-refractivity contribution in [3.63, 3.8) is 0 Å². The summed E-state index contributed by atoms with van der Waals surface area (Å²) in [5.74, 6) is 1.02. The van der Waals surface area contributed by atoms with Crippen LogP contribution in [0.1, 0.15) is 10.4 Å². The minimum Gasteiger partial charge on any atom is -0.496 e. The lowest BCUT2D eigenvalue weighted by Crippen LogP contribution is -2.12. The molecule has 5 heteroatoms. The zero-order valence-corrected chi connectivity index (χ0v) is 12.6. The lowest BCUT2D eigenvalue weighted by Gasteiger charge is -2.16. The van der Waals surface area contributed by atoms with Gasteiger partial charge < -0.3 is 14.4 Å². The number of aromatic nitrogens is 1. The molecule has 1 heterocycles. The Kier molecular flexibility index (Phi) is 4.42. The second kappa shape index (κ2) is 6.26. The second-order valence-corrected chi connectivity index (χ2v) is 4.67. The number of methoxy groups -OCH3 is 2. The van der Waals surface area contributed by atoms with E-state index in [1.807, 2.05) is 49.3 Å². The van der Waals surface area contributed by atoms with Crippen molar-refractivity contribution in [2.24, 2.45) is 0 Å². The fraction of sp³-hybridized carbons (Fsp3) is 0.250. The van der Waals surface area contributed by atoms with Crippen LogP contribution in [0, 0.1) is 0 Å². The quantitative estimate of drug-likeness (QED) is 0.809. The number of carbonyl (C=O) groups is 1. The topological polar surface area (TPSA) is 51.7 Å². The Morgan fingerprint density at radius 2 is 1.86 bits per heavy atom. The molecule has 0 aliphatic carbocycles. The summed E-state index contributed by atoms with van der Waals surface area (Å²) in [7, 11) is 6.75. The molecule has 21 heavy (non-hydrogen) atoms. The van der Waals surface area contributed by atoms with Crippen molar-refractivity contribution in [3.05, 3.63) is 42.1 Å². The predicted molar refractivity (Wildman–Crippen MR) is 81.9 cm³/mol. The minimum atomic E-state index is -0.422. The highest BCUT2D eigenvalue weighted by molar-refractivity contribution is 5.98. The fourth-order valence-corrected chi connectivity index (χ4v) is 2.05. The summed E-state index contributed by atoms with van der Waals surface area (Å²) in [4.78, 5) is 18.1. The molecule has 0 saturated carbocycles. The molecule has 0 radical (unpaired) electrons. The van der Waals surface area contributed by atoms with E-state index in [-0.39, 0.29) is 0 Å². The molecule has 1 aromatic heterocycles. The first-order chi connectivity index (χ1) is 10.1. The van der Waals surface area contributed by atoms with Crippen LogP contribution < -0.4 is 9.64 Å². The molecule has 1 aromatic carbocycles. The maximum Gasteiger partial charge on any atom is 0.340 e. The smallest absolute Gasteiger partial charge is 0.340 e. The van der Waals surface area contributed by atoms with E-state index in [4.69, 9.17) is 9.47 Å². The first-order valence-electron chi connectivity index (χ1n) is 6.47. The summed E-state index contributed by atoms with van der Waals surface area (Å²) < 4.78 is 10.2. The van der Waals surface area contributed by atoms with E-state index in [0.717, 1.165) is 16.9 Å². The van der Waals surface area contributed by atoms with Gasteiger partial charge in [-0.2, -0.15) is 0 Å². The number of para-hydroxylation sites is 1. The van der Waals surface area contributed by atoms with Crippen molar-refractivity contribution in [1.82, 2.24) is 4.98 Å². The van der Waals surface area contributed by atoms with E-state index in [1.54, 1.807) is 7.11 Å². The number of anilines is 1. The molecule has 2 rings (SSSR count). The van der Waals surface area contributed by atoms with Gasteiger partial charge >= 0.3 is 5.97 Å². The predicted octanol–water partition coefficient (Wildman–Crippen LogP) is 2.61. The van der Waals surface area contributed by atoms with Crippen molar-refractivity contribution < 1.29 is 14.3 Å². The van der Waals surface area contributed by atoms with Crippen LogP contribution in [0.25, 0.3) is 11.1 Å². The molecule has 0 saturated heterocycles. The van der Waals surface area contributed by atoms with Crippen LogP contribution in [0.3, 0.4) is 0 Å². The largest absolute Gasteiger partial charge is 0.496 e. The summed E-state index contributed by atoms with van der Waals surface area (Å²) >= 11 is 0. The lowest BCUT2D eigenvalue weighted by atomic mass is 10.0. The van der Waals surface area contributed by atoms with Crippen molar-refractivity contribution >= 4 is 11.8 Å². The van der Waals surface area contributed by atoms with Crippen LogP contribution in [-0.2, 0) is 4.74 Å². The Bertz CT molecular complexity index is 654. The maximum atomic E-state index is 12.0. The van der Waals surface area contributed by atoms with Gasteiger partial charge in [0.15, 0.2) is 0 Å². The van der Waals surface area contributed by atoms with Gasteiger partial charge in [-0.25, -0.2) is 9.78 Å². The number of benzene rings is 1. The van der Waals surface area contributed by atoms with E-state index >= 15 is 0 Å². The fourth-order valence-electron chi connectivity index (χ4n) is 2.05. The van der Waals surface area contributed by atoms with E-state index in [9.17, 15) is 4.79 Å². The van der Waals surface area contributed by atoms with Crippen LogP contribution >= 0.6 is 0 Å². The van der Waals surface area contributed by atoms with E-state index in [2.05, 4.69) is 4.98 Å². The number of ether oxygens (including phenoxy) is 2. The SMILES string of the molecule is COC(=O)c1cnc(N(C)C)cc1-c1ccccc1OC. The lowest BCUT2D eigenvalue weighted by molar-refractivity contribution is 0.0601. The second-order valence-electron chi connectivity index (χ2n) is 4.67. The third-order valence-corrected chi connectivity index (χ3v) is 3.15. The molecule has 0 unspecified atom stereocenters. The number of carbonyl (C=O) groups excluding carboxylic acids is 1. The molecule has 0 aliphatic heterocycles. The Labute approximate surface area is 124 Å². The van der Waals surface area contributed by atoms with Gasteiger partial charge in [-0.05, 0) is 12.1 Å². The molecule has 5 nitrogen and oxygen atoms in total. The van der Waals surface area contributed by atoms with Crippen molar-refractivity contribution in [2.75, 3.05) is 33.2 Å². The number of rotatable bonds is 4. The van der Waals surface area contributed by atoms with Crippen LogP contribution in [0.2, 0.25) is 0 Å². The Balaban J connectivity index is 2.68. The third-order valence-electron chi connectivity index (χ3n) is 3.15. The van der Waals surface area contributed by atoms with Gasteiger partial charge in [0.25, 0.3) is 0 Å². The zero-order chi connectivity index (χ0) is 15.4. The summed E-state index contributed by atoms with van der Waals surface area (Å²) in [6.45, 7) is 0. The molecule has 110 valence electrons. The molecular formula is C16H18N2O3. The highest BCUT2D eigenvalue weighted by Gasteiger charge is 2.18. The first kappa shape index (κ1) is 14.8. The van der Waals surface area contributed by atoms with Crippen molar-refractivity contribution in [3.8, 4) is 16.9 Å². The molecule has 0 fully saturated rings. The zero-order valence-electron chi connectivity index (χ0n) is 12.6. The van der Waals surface area contributed by atoms with Gasteiger partial charge in [0, 0.05) is 31.4 Å². The van der Waals surface area contributed by atoms with E-state index < -0.39 is 5.97 Å². The molecule has 0 amide bonds. The summed E-state index contributed by atoms with van der Waals surface area (Å²) in [6.07, 6.45) is 1.53. The van der Waals surface area contributed by atoms with Crippen molar-refractivity contribution in [1.29, 1.82) is 0 Å². The van der Waals surface area contributed by atoms with Crippen molar-refractivity contribution in [2.45, 2.75) is 0 Å². The van der Waals surface area contributed by atoms with Gasteiger partial charge in [0.1, 0.15) is 11.6 Å². The van der Waals surface area contributed by atoms with Gasteiger partial charge in [0.2, 0.25) is 0 Å². The van der Waals surface area contributed by atoms with E-state index in [1.165, 1.54) is 13.3 Å². The van der Waals surface area contributed by atoms with E-state index in [0.29, 0.717) is 11.3 Å². The highest BCUT2D eigenvalue weighted by Crippen LogP contribution is 2.33.